The number of carbonyl (C=O) groups excluding carboxylic acids is 1. The first-order valence-corrected chi connectivity index (χ1v) is 8.76. The number of amides is 1. The molecule has 116 valence electrons. The van der Waals surface area contributed by atoms with Gasteiger partial charge in [0.25, 0.3) is 5.56 Å². The number of thiazole rings is 1. The first kappa shape index (κ1) is 15.2. The van der Waals surface area contributed by atoms with E-state index in [-0.39, 0.29) is 23.9 Å². The second-order valence-corrected chi connectivity index (χ2v) is 7.14. The van der Waals surface area contributed by atoms with Crippen molar-refractivity contribution in [2.45, 2.75) is 38.4 Å². The van der Waals surface area contributed by atoms with Gasteiger partial charge in [-0.1, -0.05) is 11.8 Å². The number of nitrogens with one attached hydrogen (secondary N) is 1. The van der Waals surface area contributed by atoms with E-state index in [4.69, 9.17) is 0 Å². The van der Waals surface area contributed by atoms with Crippen LogP contribution >= 0.6 is 23.1 Å². The third-order valence-corrected chi connectivity index (χ3v) is 5.58. The van der Waals surface area contributed by atoms with E-state index in [9.17, 15) is 9.59 Å². The number of nitrogens with zero attached hydrogens (tertiary/aromatic N) is 3. The van der Waals surface area contributed by atoms with Crippen molar-refractivity contribution in [1.29, 1.82) is 0 Å². The minimum absolute atomic E-state index is 0.0459. The van der Waals surface area contributed by atoms with Crippen molar-refractivity contribution in [3.05, 3.63) is 32.7 Å². The van der Waals surface area contributed by atoms with Gasteiger partial charge in [0.1, 0.15) is 0 Å². The summed E-state index contributed by atoms with van der Waals surface area (Å²) in [6.45, 7) is 5.49. The first-order chi connectivity index (χ1) is 10.5. The van der Waals surface area contributed by atoms with Gasteiger partial charge in [-0.15, -0.1) is 11.3 Å². The summed E-state index contributed by atoms with van der Waals surface area (Å²) in [5.74, 6) is 0.563. The van der Waals surface area contributed by atoms with Gasteiger partial charge in [-0.05, 0) is 20.8 Å². The van der Waals surface area contributed by atoms with Crippen LogP contribution in [0.1, 0.15) is 29.4 Å². The molecular weight excluding hydrogens is 320 g/mol. The molecule has 2 aromatic heterocycles. The fourth-order valence-electron chi connectivity index (χ4n) is 2.32. The average molecular weight is 336 g/mol. The second-order valence-electron chi connectivity index (χ2n) is 5.29. The zero-order valence-electron chi connectivity index (χ0n) is 12.5. The van der Waals surface area contributed by atoms with Crippen LogP contribution in [0.15, 0.2) is 15.3 Å². The lowest BCUT2D eigenvalue weighted by Crippen LogP contribution is -2.29. The number of aryl methyl sites for hydroxylation is 2. The molecule has 8 heteroatoms. The molecule has 1 aliphatic heterocycles. The van der Waals surface area contributed by atoms with Crippen LogP contribution in [0.2, 0.25) is 0 Å². The molecule has 0 bridgehead atoms. The Morgan fingerprint density at radius 2 is 2.18 bits per heavy atom. The zero-order valence-corrected chi connectivity index (χ0v) is 14.2. The zero-order chi connectivity index (χ0) is 15.9. The van der Waals surface area contributed by atoms with Gasteiger partial charge in [-0.3, -0.25) is 14.2 Å². The molecule has 6 nitrogen and oxygen atoms in total. The topological polar surface area (TPSA) is 76.9 Å². The lowest BCUT2D eigenvalue weighted by atomic mass is 10.2. The van der Waals surface area contributed by atoms with E-state index in [1.807, 2.05) is 19.2 Å². The normalized spacial score (nSPS) is 16.6. The van der Waals surface area contributed by atoms with E-state index in [2.05, 4.69) is 15.3 Å². The highest BCUT2D eigenvalue weighted by Gasteiger charge is 2.28. The number of carbonyl (C=O) groups is 1. The third-order valence-electron chi connectivity index (χ3n) is 3.61. The van der Waals surface area contributed by atoms with Gasteiger partial charge in [0, 0.05) is 28.8 Å². The molecule has 0 fully saturated rings. The fourth-order valence-corrected chi connectivity index (χ4v) is 4.20. The Bertz CT molecular complexity index is 797. The van der Waals surface area contributed by atoms with Crippen LogP contribution in [0.4, 0.5) is 5.13 Å². The predicted octanol–water partition coefficient (Wildman–Crippen LogP) is 2.30. The predicted molar refractivity (Wildman–Crippen MR) is 87.8 cm³/mol. The van der Waals surface area contributed by atoms with E-state index < -0.39 is 0 Å². The van der Waals surface area contributed by atoms with Crippen molar-refractivity contribution < 1.29 is 4.79 Å². The average Bonchev–Trinajstić information content (AvgIpc) is 3.03. The summed E-state index contributed by atoms with van der Waals surface area (Å²) in [4.78, 5) is 33.2. The molecule has 2 aromatic rings. The van der Waals surface area contributed by atoms with Crippen LogP contribution < -0.4 is 10.9 Å². The number of thioether (sulfide) groups is 1. The van der Waals surface area contributed by atoms with Crippen LogP contribution in [0.25, 0.3) is 0 Å². The van der Waals surface area contributed by atoms with Crippen molar-refractivity contribution in [2.24, 2.45) is 0 Å². The van der Waals surface area contributed by atoms with Crippen LogP contribution in [-0.2, 0) is 4.79 Å². The molecule has 1 aliphatic rings. The molecule has 1 unspecified atom stereocenters. The lowest BCUT2D eigenvalue weighted by Gasteiger charge is -2.13. The number of fused-ring (bicyclic) bond motifs is 1. The maximum absolute atomic E-state index is 12.4. The van der Waals surface area contributed by atoms with Gasteiger partial charge < -0.3 is 5.32 Å². The van der Waals surface area contributed by atoms with Crippen molar-refractivity contribution in [1.82, 2.24) is 14.5 Å². The van der Waals surface area contributed by atoms with Crippen LogP contribution in [0, 0.1) is 20.8 Å². The minimum Gasteiger partial charge on any atom is -0.302 e. The molecule has 0 radical (unpaired) electrons. The van der Waals surface area contributed by atoms with Crippen molar-refractivity contribution in [3.63, 3.8) is 0 Å². The number of rotatable bonds is 3. The van der Waals surface area contributed by atoms with Crippen molar-refractivity contribution in [2.75, 3.05) is 11.1 Å². The summed E-state index contributed by atoms with van der Waals surface area (Å²) in [5.41, 5.74) is 2.24. The minimum atomic E-state index is -0.152. The molecule has 3 heterocycles. The molecule has 1 amide bonds. The summed E-state index contributed by atoms with van der Waals surface area (Å²) >= 11 is 2.92. The standard InChI is InChI=1S/C14H16N4O2S2/c1-7-5-21-13(15-7)17-11(19)4-10-6-22-14-16-9(3)8(2)12(20)18(10)14/h5,10H,4,6H2,1-3H3,(H,15,17,19). The van der Waals surface area contributed by atoms with Crippen molar-refractivity contribution in [3.8, 4) is 0 Å². The quantitative estimate of drug-likeness (QED) is 0.870. The Kier molecular flexibility index (Phi) is 4.05. The number of anilines is 1. The highest BCUT2D eigenvalue weighted by atomic mass is 32.2. The molecule has 0 aliphatic carbocycles. The Labute approximate surface area is 136 Å². The monoisotopic (exact) mass is 336 g/mol. The lowest BCUT2D eigenvalue weighted by molar-refractivity contribution is -0.116. The van der Waals surface area contributed by atoms with Gasteiger partial charge in [0.05, 0.1) is 11.7 Å². The third kappa shape index (κ3) is 2.80. The van der Waals surface area contributed by atoms with Crippen LogP contribution in [0.5, 0.6) is 0 Å². The molecule has 0 saturated heterocycles. The van der Waals surface area contributed by atoms with E-state index in [0.29, 0.717) is 21.6 Å². The summed E-state index contributed by atoms with van der Waals surface area (Å²) in [7, 11) is 0. The van der Waals surface area contributed by atoms with E-state index >= 15 is 0 Å². The first-order valence-electron chi connectivity index (χ1n) is 6.90. The van der Waals surface area contributed by atoms with Gasteiger partial charge >= 0.3 is 0 Å². The Morgan fingerprint density at radius 1 is 1.41 bits per heavy atom. The highest BCUT2D eigenvalue weighted by Crippen LogP contribution is 2.32. The smallest absolute Gasteiger partial charge is 0.257 e. The molecule has 1 N–H and O–H groups in total. The van der Waals surface area contributed by atoms with Gasteiger partial charge in [0.2, 0.25) is 5.91 Å². The van der Waals surface area contributed by atoms with E-state index in [0.717, 1.165) is 11.4 Å². The SMILES string of the molecule is Cc1csc(NC(=O)CC2CSc3nc(C)c(C)c(=O)n32)n1. The largest absolute Gasteiger partial charge is 0.302 e. The van der Waals surface area contributed by atoms with Crippen molar-refractivity contribution >= 4 is 34.1 Å². The Hall–Kier alpha value is -1.67. The van der Waals surface area contributed by atoms with Gasteiger partial charge in [-0.2, -0.15) is 0 Å². The van der Waals surface area contributed by atoms with Gasteiger partial charge in [0.15, 0.2) is 10.3 Å². The maximum Gasteiger partial charge on any atom is 0.257 e. The number of hydrogen-bond acceptors (Lipinski definition) is 6. The van der Waals surface area contributed by atoms with E-state index in [1.165, 1.54) is 23.1 Å². The highest BCUT2D eigenvalue weighted by molar-refractivity contribution is 7.99. The van der Waals surface area contributed by atoms with Crippen LogP contribution in [0.3, 0.4) is 0 Å². The number of aromatic nitrogens is 3. The molecular formula is C14H16N4O2S2. The van der Waals surface area contributed by atoms with Crippen LogP contribution in [-0.4, -0.2) is 26.2 Å². The molecule has 22 heavy (non-hydrogen) atoms. The molecule has 3 rings (SSSR count). The second kappa shape index (κ2) is 5.85. The fraction of sp³-hybridized carbons (Fsp3) is 0.429. The van der Waals surface area contributed by atoms with E-state index in [1.54, 1.807) is 11.5 Å². The Balaban J connectivity index is 1.78. The molecule has 0 spiro atoms. The number of hydrogen-bond donors (Lipinski definition) is 1. The summed E-state index contributed by atoms with van der Waals surface area (Å²) in [5, 5.41) is 5.98. The summed E-state index contributed by atoms with van der Waals surface area (Å²) in [6.07, 6.45) is 0.253. The molecule has 1 atom stereocenters. The summed E-state index contributed by atoms with van der Waals surface area (Å²) in [6, 6.07) is -0.152. The Morgan fingerprint density at radius 3 is 2.86 bits per heavy atom. The van der Waals surface area contributed by atoms with Gasteiger partial charge in [-0.25, -0.2) is 9.97 Å². The molecule has 0 saturated carbocycles. The molecule has 0 aromatic carbocycles. The maximum atomic E-state index is 12.4. The summed E-state index contributed by atoms with van der Waals surface area (Å²) < 4.78 is 1.65.